The number of carbonyl (C=O) groups is 14. The largest absolute Gasteiger partial charge is 0.480 e. The molecule has 14 atom stereocenters. The van der Waals surface area contributed by atoms with Gasteiger partial charge in [0.15, 0.2) is 17.9 Å². The van der Waals surface area contributed by atoms with E-state index in [4.69, 9.17) is 40.1 Å². The van der Waals surface area contributed by atoms with Gasteiger partial charge in [0.25, 0.3) is 0 Å². The summed E-state index contributed by atoms with van der Waals surface area (Å²) in [6.45, 7) is 7.63. The Kier molecular flexibility index (Phi) is 40.3. The van der Waals surface area contributed by atoms with Crippen molar-refractivity contribution in [1.29, 1.82) is 0 Å². The number of aromatic nitrogens is 2. The second-order valence-corrected chi connectivity index (χ2v) is 30.9. The molecule has 3 aliphatic heterocycles. The van der Waals surface area contributed by atoms with Crippen molar-refractivity contribution in [3.8, 4) is 0 Å². The quantitative estimate of drug-likeness (QED) is 0.0127. The number of aliphatic hydroxyl groups is 1. The van der Waals surface area contributed by atoms with Crippen LogP contribution in [0, 0.1) is 11.8 Å². The predicted molar refractivity (Wildman–Crippen MR) is 435 cm³/mol. The molecule has 3 aliphatic rings. The molecule has 1 aromatic heterocycles. The Morgan fingerprint density at radius 2 is 0.931 bits per heavy atom. The van der Waals surface area contributed by atoms with E-state index in [2.05, 4.69) is 90.7 Å². The topological polar surface area (TPSA) is 657 Å². The Balaban J connectivity index is 1.31. The maximum absolute atomic E-state index is 14.8. The fourth-order valence-corrected chi connectivity index (χ4v) is 14.2. The van der Waals surface area contributed by atoms with Crippen LogP contribution in [-0.2, 0) is 80.0 Å². The van der Waals surface area contributed by atoms with Gasteiger partial charge in [-0.2, -0.15) is 24.4 Å². The summed E-state index contributed by atoms with van der Waals surface area (Å²) >= 11 is 5.72. The Labute approximate surface area is 683 Å². The number of aromatic amines is 1. The molecule has 27 N–H and O–H groups in total. The van der Waals surface area contributed by atoms with Gasteiger partial charge in [-0.15, -0.1) is 0 Å². The molecule has 0 radical (unpaired) electrons. The maximum atomic E-state index is 14.8. The number of hydrogen-bond donors (Lipinski definition) is 21. The molecule has 4 heterocycles. The number of carboxylic acids is 1. The van der Waals surface area contributed by atoms with E-state index in [1.807, 2.05) is 0 Å². The van der Waals surface area contributed by atoms with E-state index in [1.165, 1.54) is 45.9 Å². The number of aliphatic hydroxyl groups excluding tert-OH is 1. The van der Waals surface area contributed by atoms with E-state index < -0.39 is 180 Å². The Morgan fingerprint density at radius 1 is 0.517 bits per heavy atom. The molecule has 13 amide bonds. The molecular formula is C73H119N25O16S2. The standard InChI is InChI=1S/C73H119N25O16S2/c1-39(2)32-48(91-65(108)53-21-13-28-96(53)67(110)47(24-31-116-6)89-64(107)52(37-115)94-59(102)45(19-11-26-83-72(77)78)87-58(101)44(86-57(100)41(5)74)18-10-25-82-71(75)76)61(104)90-49(34-43-35-81-38-85-43)62(105)93-51(36-99)63(106)88-46(20-12-27-84-73(79)80)60(103)95-56(40(3)4)69(112)97-29-14-22-54(97)66(109)92-50(33-42-16-8-7-9-17-42)68(111)98-30-15-23-55(98)70(113)114/h7-9,16-17,35,38-41,44-56,99,115H,10-15,18-34,36-37,74H2,1-6H3,(H,81,85)(H,86,100)(H,87,101)(H,88,106)(H,89,107)(H,90,104)(H,91,108)(H,92,109)(H,93,105)(H,94,102)(H,95,103)(H,113,114)(H4,75,76,82)(H4,77,78,83)(H4,79,80,84)/t41-,44+,45+,46+,47+,48+,49+,50+,51+,52+,53+,54+,55+,56+/m1/s1. The average molecular weight is 1670 g/mol. The molecular weight excluding hydrogens is 1550 g/mol. The number of thiol groups is 1. The molecule has 0 spiro atoms. The van der Waals surface area contributed by atoms with E-state index in [0.717, 1.165) is 0 Å². The lowest BCUT2D eigenvalue weighted by atomic mass is 10.0. The number of carbonyl (C=O) groups excluding carboxylic acids is 13. The number of likely N-dealkylation sites (tertiary alicyclic amines) is 3. The number of nitrogens with zero attached hydrogens (tertiary/aromatic N) is 7. The van der Waals surface area contributed by atoms with Gasteiger partial charge in [0.1, 0.15) is 78.5 Å². The monoisotopic (exact) mass is 1670 g/mol. The number of imidazole rings is 1. The van der Waals surface area contributed by atoms with Crippen LogP contribution in [0.25, 0.3) is 0 Å². The first-order valence-electron chi connectivity index (χ1n) is 38.9. The van der Waals surface area contributed by atoms with Crippen LogP contribution in [0.4, 0.5) is 0 Å². The molecule has 0 unspecified atom stereocenters. The van der Waals surface area contributed by atoms with Crippen molar-refractivity contribution in [3.05, 3.63) is 54.1 Å². The summed E-state index contributed by atoms with van der Waals surface area (Å²) in [5.41, 5.74) is 40.0. The van der Waals surface area contributed by atoms with Crippen LogP contribution < -0.4 is 93.3 Å². The number of nitrogens with two attached hydrogens (primary N) is 7. The first-order valence-corrected chi connectivity index (χ1v) is 40.9. The van der Waals surface area contributed by atoms with Gasteiger partial charge in [-0.3, -0.25) is 77.3 Å². The van der Waals surface area contributed by atoms with Crippen LogP contribution in [-0.4, -0.2) is 284 Å². The second-order valence-electron chi connectivity index (χ2n) is 29.6. The van der Waals surface area contributed by atoms with Crippen molar-refractivity contribution in [1.82, 2.24) is 77.8 Å². The molecule has 644 valence electrons. The van der Waals surface area contributed by atoms with Crippen LogP contribution in [0.2, 0.25) is 0 Å². The highest BCUT2D eigenvalue weighted by molar-refractivity contribution is 7.98. The lowest BCUT2D eigenvalue weighted by Crippen LogP contribution is -2.62. The first-order chi connectivity index (χ1) is 55.1. The highest BCUT2D eigenvalue weighted by Crippen LogP contribution is 2.25. The SMILES string of the molecule is CSCC[C@H](NC(=O)[C@H](CS)NC(=O)[C@H](CCCN=C(N)N)NC(=O)[C@H](CCCN=C(N)N)NC(=O)[C@@H](C)N)C(=O)N1CCC[C@H]1C(=O)N[C@@H](CC(C)C)C(=O)N[C@@H](Cc1cnc[nH]1)C(=O)N[C@@H](CO)C(=O)N[C@@H](CCCN=C(N)N)C(=O)N[C@H](C(=O)N1CCC[C@H]1C(=O)N[C@@H](Cc1ccccc1)C(=O)N1CCC[C@H]1C(=O)O)C(C)C. The van der Waals surface area contributed by atoms with Crippen LogP contribution in [0.3, 0.4) is 0 Å². The van der Waals surface area contributed by atoms with E-state index in [1.54, 1.807) is 64.3 Å². The number of benzene rings is 1. The molecule has 5 rings (SSSR count). The van der Waals surface area contributed by atoms with Crippen LogP contribution in [0.5, 0.6) is 0 Å². The molecule has 0 bridgehead atoms. The van der Waals surface area contributed by atoms with Crippen molar-refractivity contribution in [3.63, 3.8) is 0 Å². The van der Waals surface area contributed by atoms with Crippen LogP contribution >= 0.6 is 24.4 Å². The van der Waals surface area contributed by atoms with Crippen molar-refractivity contribution in [2.45, 2.75) is 222 Å². The summed E-state index contributed by atoms with van der Waals surface area (Å²) in [6.07, 6.45) is 6.15. The van der Waals surface area contributed by atoms with Crippen LogP contribution in [0.15, 0.2) is 57.8 Å². The Hall–Kier alpha value is -10.6. The van der Waals surface area contributed by atoms with Gasteiger partial charge in [0, 0.05) is 69.8 Å². The summed E-state index contributed by atoms with van der Waals surface area (Å²) in [4.78, 5) is 221. The number of H-pyrrole nitrogens is 1. The van der Waals surface area contributed by atoms with E-state index >= 15 is 0 Å². The first kappa shape index (κ1) is 96.0. The van der Waals surface area contributed by atoms with Crippen molar-refractivity contribution < 1.29 is 77.3 Å². The number of rotatable bonds is 48. The van der Waals surface area contributed by atoms with Crippen molar-refractivity contribution >= 4 is 125 Å². The third kappa shape index (κ3) is 30.9. The van der Waals surface area contributed by atoms with Gasteiger partial charge in [-0.05, 0) is 126 Å². The summed E-state index contributed by atoms with van der Waals surface area (Å²) in [6, 6.07) is -9.56. The number of nitrogens with one attached hydrogen (secondary N) is 11. The zero-order valence-corrected chi connectivity index (χ0v) is 68.3. The van der Waals surface area contributed by atoms with Gasteiger partial charge >= 0.3 is 5.97 Å². The van der Waals surface area contributed by atoms with Gasteiger partial charge in [0.2, 0.25) is 76.8 Å². The molecule has 3 saturated heterocycles. The number of aliphatic imine (C=N–C) groups is 3. The molecule has 3 fully saturated rings. The number of carboxylic acid groups (broad SMARTS) is 1. The summed E-state index contributed by atoms with van der Waals surface area (Å²) in [5, 5.41) is 47.4. The minimum absolute atomic E-state index is 0.00770. The normalized spacial score (nSPS) is 18.0. The number of guanidine groups is 3. The number of thioether (sulfide) groups is 1. The Morgan fingerprint density at radius 3 is 1.39 bits per heavy atom. The number of hydrogen-bond acceptors (Lipinski definition) is 22. The van der Waals surface area contributed by atoms with E-state index in [9.17, 15) is 77.3 Å². The van der Waals surface area contributed by atoms with Crippen LogP contribution in [0.1, 0.15) is 136 Å². The summed E-state index contributed by atoms with van der Waals surface area (Å²) in [7, 11) is 0. The zero-order chi connectivity index (χ0) is 85.9. The average Bonchev–Trinajstić information content (AvgIpc) is 1.64. The third-order valence-electron chi connectivity index (χ3n) is 19.6. The molecule has 1 aromatic carbocycles. The minimum atomic E-state index is -1.81. The van der Waals surface area contributed by atoms with Crippen molar-refractivity contribution in [2.75, 3.05) is 63.6 Å². The highest BCUT2D eigenvalue weighted by atomic mass is 32.2. The number of amides is 13. The molecule has 43 heteroatoms. The molecule has 0 saturated carbocycles. The zero-order valence-electron chi connectivity index (χ0n) is 66.6. The van der Waals surface area contributed by atoms with Gasteiger partial charge in [0.05, 0.1) is 19.0 Å². The predicted octanol–water partition coefficient (Wildman–Crippen LogP) is -6.01. The maximum Gasteiger partial charge on any atom is 0.326 e. The number of aliphatic carboxylic acids is 1. The van der Waals surface area contributed by atoms with Crippen molar-refractivity contribution in [2.24, 2.45) is 66.9 Å². The van der Waals surface area contributed by atoms with Gasteiger partial charge in [-0.1, -0.05) is 58.0 Å². The minimum Gasteiger partial charge on any atom is -0.480 e. The summed E-state index contributed by atoms with van der Waals surface area (Å²) < 4.78 is 0. The molecule has 2 aromatic rings. The second kappa shape index (κ2) is 48.7. The molecule has 116 heavy (non-hydrogen) atoms. The lowest BCUT2D eigenvalue weighted by molar-refractivity contribution is -0.150. The van der Waals surface area contributed by atoms with Gasteiger partial charge in [-0.25, -0.2) is 9.78 Å². The van der Waals surface area contributed by atoms with Gasteiger partial charge < -0.3 is 123 Å². The smallest absolute Gasteiger partial charge is 0.326 e. The molecule has 0 aliphatic carbocycles. The third-order valence-corrected chi connectivity index (χ3v) is 20.6. The summed E-state index contributed by atoms with van der Waals surface area (Å²) in [5.74, 6) is -13.1. The van der Waals surface area contributed by atoms with E-state index in [-0.39, 0.29) is 152 Å². The molecule has 41 nitrogen and oxygen atoms in total. The lowest BCUT2D eigenvalue weighted by Gasteiger charge is -2.33. The van der Waals surface area contributed by atoms with E-state index in [0.29, 0.717) is 36.3 Å². The fourth-order valence-electron chi connectivity index (χ4n) is 13.5. The fraction of sp³-hybridized carbons (Fsp3) is 0.644. The highest BCUT2D eigenvalue weighted by Gasteiger charge is 2.45. The Bertz CT molecular complexity index is 3730.